The smallest absolute Gasteiger partial charge is 0.00965 e. The molecule has 0 bridgehead atoms. The van der Waals surface area contributed by atoms with Gasteiger partial charge in [-0.05, 0) is 77.5 Å². The third kappa shape index (κ3) is 6.77. The minimum atomic E-state index is 0.243. The Labute approximate surface area is 119 Å². The van der Waals surface area contributed by atoms with Crippen LogP contribution in [0.3, 0.4) is 0 Å². The first kappa shape index (κ1) is 16.2. The van der Waals surface area contributed by atoms with Gasteiger partial charge in [-0.25, -0.2) is 0 Å². The fraction of sp³-hybridized carbons (Fsp3) is 0.667. The fourth-order valence-corrected chi connectivity index (χ4v) is 2.37. The largest absolute Gasteiger partial charge is 0.312 e. The maximum absolute atomic E-state index is 3.57. The highest BCUT2D eigenvalue weighted by atomic mass is 14.9. The van der Waals surface area contributed by atoms with Gasteiger partial charge in [0.2, 0.25) is 0 Å². The van der Waals surface area contributed by atoms with E-state index in [1.807, 2.05) is 0 Å². The van der Waals surface area contributed by atoms with Crippen LogP contribution >= 0.6 is 0 Å². The van der Waals surface area contributed by atoms with Crippen molar-refractivity contribution in [1.29, 1.82) is 0 Å². The van der Waals surface area contributed by atoms with E-state index in [1.165, 1.54) is 36.0 Å². The van der Waals surface area contributed by atoms with E-state index in [9.17, 15) is 0 Å². The monoisotopic (exact) mass is 261 g/mol. The molecule has 0 saturated carbocycles. The molecule has 1 aromatic rings. The molecule has 1 heteroatoms. The Hall–Kier alpha value is -0.820. The van der Waals surface area contributed by atoms with Gasteiger partial charge in [0.05, 0.1) is 0 Å². The molecule has 0 spiro atoms. The molecule has 0 heterocycles. The average Bonchev–Trinajstić information content (AvgIpc) is 2.26. The highest BCUT2D eigenvalue weighted by Gasteiger charge is 2.10. The second kappa shape index (κ2) is 7.09. The number of rotatable bonds is 6. The summed E-state index contributed by atoms with van der Waals surface area (Å²) in [5.41, 5.74) is 4.57. The molecule has 1 aromatic carbocycles. The van der Waals surface area contributed by atoms with Gasteiger partial charge in [0, 0.05) is 5.54 Å². The molecule has 0 aliphatic rings. The molecule has 0 aliphatic heterocycles. The zero-order chi connectivity index (χ0) is 14.5. The van der Waals surface area contributed by atoms with Crippen LogP contribution in [0, 0.1) is 19.8 Å². The van der Waals surface area contributed by atoms with E-state index in [-0.39, 0.29) is 5.54 Å². The van der Waals surface area contributed by atoms with Crippen molar-refractivity contribution in [2.45, 2.75) is 66.3 Å². The molecule has 1 N–H and O–H groups in total. The summed E-state index contributed by atoms with van der Waals surface area (Å²) in [6, 6.07) is 6.82. The van der Waals surface area contributed by atoms with E-state index >= 15 is 0 Å². The lowest BCUT2D eigenvalue weighted by Crippen LogP contribution is -2.36. The second-order valence-electron chi connectivity index (χ2n) is 7.04. The van der Waals surface area contributed by atoms with Crippen LogP contribution in [0.4, 0.5) is 0 Å². The topological polar surface area (TPSA) is 12.0 Å². The van der Waals surface area contributed by atoms with Gasteiger partial charge in [0.1, 0.15) is 0 Å². The molecule has 0 aromatic heterocycles. The summed E-state index contributed by atoms with van der Waals surface area (Å²) in [6.45, 7) is 14.6. The molecule has 19 heavy (non-hydrogen) atoms. The Balaban J connectivity index is 2.32. The van der Waals surface area contributed by atoms with Gasteiger partial charge < -0.3 is 5.32 Å². The maximum Gasteiger partial charge on any atom is 0.00965 e. The van der Waals surface area contributed by atoms with Crippen LogP contribution in [-0.4, -0.2) is 12.1 Å². The third-order valence-electron chi connectivity index (χ3n) is 3.70. The van der Waals surface area contributed by atoms with Crippen LogP contribution in [-0.2, 0) is 6.42 Å². The van der Waals surface area contributed by atoms with Gasteiger partial charge in [-0.1, -0.05) is 30.7 Å². The highest BCUT2D eigenvalue weighted by Crippen LogP contribution is 2.17. The number of hydrogen-bond donors (Lipinski definition) is 1. The Morgan fingerprint density at radius 3 is 2.37 bits per heavy atom. The molecule has 0 fully saturated rings. The summed E-state index contributed by atoms with van der Waals surface area (Å²) >= 11 is 0. The summed E-state index contributed by atoms with van der Waals surface area (Å²) < 4.78 is 0. The lowest BCUT2D eigenvalue weighted by molar-refractivity contribution is 0.386. The molecule has 1 unspecified atom stereocenters. The number of hydrogen-bond acceptors (Lipinski definition) is 1. The fourth-order valence-electron chi connectivity index (χ4n) is 2.37. The van der Waals surface area contributed by atoms with Crippen LogP contribution < -0.4 is 5.32 Å². The van der Waals surface area contributed by atoms with Gasteiger partial charge in [-0.15, -0.1) is 0 Å². The Morgan fingerprint density at radius 1 is 1.11 bits per heavy atom. The maximum atomic E-state index is 3.57. The van der Waals surface area contributed by atoms with Crippen LogP contribution in [0.5, 0.6) is 0 Å². The van der Waals surface area contributed by atoms with Crippen LogP contribution in [0.25, 0.3) is 0 Å². The number of aryl methyl sites for hydroxylation is 3. The number of benzene rings is 1. The van der Waals surface area contributed by atoms with Crippen LogP contribution in [0.2, 0.25) is 0 Å². The minimum Gasteiger partial charge on any atom is -0.312 e. The van der Waals surface area contributed by atoms with E-state index in [0.29, 0.717) is 0 Å². The van der Waals surface area contributed by atoms with Crippen molar-refractivity contribution < 1.29 is 0 Å². The first-order valence-corrected chi connectivity index (χ1v) is 7.59. The van der Waals surface area contributed by atoms with Gasteiger partial charge >= 0.3 is 0 Å². The number of nitrogens with one attached hydrogen (secondary N) is 1. The standard InChI is InChI=1S/C18H31N/c1-14(11-12-19-18(4,5)6)7-9-17-10-8-15(2)13-16(17)3/h8,10,13-14,19H,7,9,11-12H2,1-6H3. The molecule has 0 radical (unpaired) electrons. The van der Waals surface area contributed by atoms with E-state index in [0.717, 1.165) is 12.5 Å². The van der Waals surface area contributed by atoms with Gasteiger partial charge in [-0.2, -0.15) is 0 Å². The molecule has 108 valence electrons. The molecule has 1 rings (SSSR count). The first-order chi connectivity index (χ1) is 8.78. The summed E-state index contributed by atoms with van der Waals surface area (Å²) in [5.74, 6) is 0.788. The summed E-state index contributed by atoms with van der Waals surface area (Å²) in [6.07, 6.45) is 3.76. The van der Waals surface area contributed by atoms with E-state index in [1.54, 1.807) is 0 Å². The van der Waals surface area contributed by atoms with Crippen molar-refractivity contribution in [3.8, 4) is 0 Å². The summed E-state index contributed by atoms with van der Waals surface area (Å²) in [4.78, 5) is 0. The highest BCUT2D eigenvalue weighted by molar-refractivity contribution is 5.30. The average molecular weight is 261 g/mol. The first-order valence-electron chi connectivity index (χ1n) is 7.59. The predicted octanol–water partition coefficient (Wildman–Crippen LogP) is 4.65. The van der Waals surface area contributed by atoms with Gasteiger partial charge in [-0.3, -0.25) is 0 Å². The van der Waals surface area contributed by atoms with Crippen molar-refractivity contribution in [2.24, 2.45) is 5.92 Å². The quantitative estimate of drug-likeness (QED) is 0.786. The van der Waals surface area contributed by atoms with Crippen LogP contribution in [0.1, 0.15) is 57.2 Å². The Kier molecular flexibility index (Phi) is 6.06. The van der Waals surface area contributed by atoms with Crippen molar-refractivity contribution >= 4 is 0 Å². The lowest BCUT2D eigenvalue weighted by Gasteiger charge is -2.22. The van der Waals surface area contributed by atoms with E-state index < -0.39 is 0 Å². The Bertz CT molecular complexity index is 387. The Morgan fingerprint density at radius 2 is 1.79 bits per heavy atom. The van der Waals surface area contributed by atoms with Crippen LogP contribution in [0.15, 0.2) is 18.2 Å². The molecule has 0 amide bonds. The molecular formula is C18H31N. The van der Waals surface area contributed by atoms with Gasteiger partial charge in [0.25, 0.3) is 0 Å². The lowest BCUT2D eigenvalue weighted by atomic mass is 9.95. The minimum absolute atomic E-state index is 0.243. The predicted molar refractivity (Wildman–Crippen MR) is 85.8 cm³/mol. The van der Waals surface area contributed by atoms with Crippen molar-refractivity contribution in [3.05, 3.63) is 34.9 Å². The van der Waals surface area contributed by atoms with Crippen molar-refractivity contribution in [1.82, 2.24) is 5.32 Å². The SMILES string of the molecule is Cc1ccc(CCC(C)CCNC(C)(C)C)c(C)c1. The van der Waals surface area contributed by atoms with Crippen molar-refractivity contribution in [3.63, 3.8) is 0 Å². The third-order valence-corrected chi connectivity index (χ3v) is 3.70. The van der Waals surface area contributed by atoms with Gasteiger partial charge in [0.15, 0.2) is 0 Å². The van der Waals surface area contributed by atoms with E-state index in [4.69, 9.17) is 0 Å². The normalized spacial score (nSPS) is 13.6. The molecular weight excluding hydrogens is 230 g/mol. The molecule has 0 aliphatic carbocycles. The molecule has 1 atom stereocenters. The molecule has 1 nitrogen and oxygen atoms in total. The molecule has 0 saturated heterocycles. The second-order valence-corrected chi connectivity index (χ2v) is 7.04. The van der Waals surface area contributed by atoms with E-state index in [2.05, 4.69) is 65.1 Å². The summed E-state index contributed by atoms with van der Waals surface area (Å²) in [7, 11) is 0. The summed E-state index contributed by atoms with van der Waals surface area (Å²) in [5, 5.41) is 3.57. The zero-order valence-corrected chi connectivity index (χ0v) is 13.6. The zero-order valence-electron chi connectivity index (χ0n) is 13.6. The van der Waals surface area contributed by atoms with Crippen molar-refractivity contribution in [2.75, 3.05) is 6.54 Å².